The molecule has 1 aromatic carbocycles. The van der Waals surface area contributed by atoms with E-state index in [9.17, 15) is 9.59 Å². The van der Waals surface area contributed by atoms with Gasteiger partial charge in [-0.3, -0.25) is 9.59 Å². The Morgan fingerprint density at radius 1 is 1.25 bits per heavy atom. The highest BCUT2D eigenvalue weighted by Crippen LogP contribution is 2.26. The number of thiophene rings is 1. The van der Waals surface area contributed by atoms with Crippen LogP contribution in [0, 0.1) is 0 Å². The van der Waals surface area contributed by atoms with Crippen molar-refractivity contribution in [2.24, 2.45) is 5.73 Å². The Balaban J connectivity index is 2.24. The molecule has 20 heavy (non-hydrogen) atoms. The Morgan fingerprint density at radius 3 is 2.70 bits per heavy atom. The van der Waals surface area contributed by atoms with Gasteiger partial charge < -0.3 is 11.1 Å². The minimum atomic E-state index is -0.544. The number of carbonyl (C=O) groups excluding carboxylic acids is 2. The normalized spacial score (nSPS) is 10.2. The van der Waals surface area contributed by atoms with Crippen LogP contribution in [0.1, 0.15) is 27.6 Å². The second-order valence-corrected chi connectivity index (χ2v) is 6.13. The zero-order valence-corrected chi connectivity index (χ0v) is 12.5. The number of thioether (sulfide) groups is 1. The first kappa shape index (κ1) is 14.6. The molecule has 1 heterocycles. The maximum Gasteiger partial charge on any atom is 0.257 e. The molecule has 2 rings (SSSR count). The molecule has 4 nitrogen and oxygen atoms in total. The van der Waals surface area contributed by atoms with Crippen LogP contribution in [0.2, 0.25) is 0 Å². The highest BCUT2D eigenvalue weighted by molar-refractivity contribution is 7.99. The SMILES string of the molecule is CCSc1ccccc1C(=O)Nc1sccc1C(N)=O. The molecule has 104 valence electrons. The van der Waals surface area contributed by atoms with Crippen LogP contribution in [0.25, 0.3) is 0 Å². The van der Waals surface area contributed by atoms with Crippen molar-refractivity contribution in [2.45, 2.75) is 11.8 Å². The molecule has 0 fully saturated rings. The fourth-order valence-corrected chi connectivity index (χ4v) is 3.30. The molecule has 0 unspecified atom stereocenters. The van der Waals surface area contributed by atoms with Gasteiger partial charge in [-0.15, -0.1) is 23.1 Å². The molecule has 6 heteroatoms. The molecular formula is C14H14N2O2S2. The van der Waals surface area contributed by atoms with Crippen LogP contribution in [0.15, 0.2) is 40.6 Å². The summed E-state index contributed by atoms with van der Waals surface area (Å²) in [4.78, 5) is 24.5. The highest BCUT2D eigenvalue weighted by Gasteiger charge is 2.15. The fourth-order valence-electron chi connectivity index (χ4n) is 1.71. The number of amides is 2. The lowest BCUT2D eigenvalue weighted by atomic mass is 10.2. The van der Waals surface area contributed by atoms with Gasteiger partial charge in [-0.1, -0.05) is 19.1 Å². The molecular weight excluding hydrogens is 292 g/mol. The molecule has 2 amide bonds. The number of anilines is 1. The van der Waals surface area contributed by atoms with Crippen molar-refractivity contribution in [1.29, 1.82) is 0 Å². The average Bonchev–Trinajstić information content (AvgIpc) is 2.88. The fraction of sp³-hybridized carbons (Fsp3) is 0.143. The van der Waals surface area contributed by atoms with Gasteiger partial charge in [-0.2, -0.15) is 0 Å². The molecule has 0 radical (unpaired) electrons. The maximum atomic E-state index is 12.3. The number of nitrogens with one attached hydrogen (secondary N) is 1. The molecule has 0 aliphatic rings. The predicted molar refractivity (Wildman–Crippen MR) is 83.6 cm³/mol. The smallest absolute Gasteiger partial charge is 0.257 e. The summed E-state index contributed by atoms with van der Waals surface area (Å²) < 4.78 is 0. The molecule has 0 atom stereocenters. The molecule has 2 aromatic rings. The Kier molecular flexibility index (Phi) is 4.81. The van der Waals surface area contributed by atoms with E-state index in [0.717, 1.165) is 10.6 Å². The number of nitrogens with two attached hydrogens (primary N) is 1. The van der Waals surface area contributed by atoms with Gasteiger partial charge >= 0.3 is 0 Å². The topological polar surface area (TPSA) is 72.2 Å². The summed E-state index contributed by atoms with van der Waals surface area (Å²) in [5.41, 5.74) is 6.20. The minimum absolute atomic E-state index is 0.230. The number of hydrogen-bond acceptors (Lipinski definition) is 4. The van der Waals surface area contributed by atoms with Crippen molar-refractivity contribution in [3.8, 4) is 0 Å². The Hall–Kier alpha value is -1.79. The van der Waals surface area contributed by atoms with E-state index in [-0.39, 0.29) is 5.91 Å². The van der Waals surface area contributed by atoms with Crippen LogP contribution in [-0.2, 0) is 0 Å². The summed E-state index contributed by atoms with van der Waals surface area (Å²) in [5.74, 6) is 0.111. The summed E-state index contributed by atoms with van der Waals surface area (Å²) in [6, 6.07) is 9.00. The van der Waals surface area contributed by atoms with E-state index in [2.05, 4.69) is 5.32 Å². The molecule has 0 aliphatic carbocycles. The van der Waals surface area contributed by atoms with Crippen LogP contribution < -0.4 is 11.1 Å². The number of primary amides is 1. The molecule has 1 aromatic heterocycles. The summed E-state index contributed by atoms with van der Waals surface area (Å²) in [7, 11) is 0. The van der Waals surface area contributed by atoms with Crippen LogP contribution in [-0.4, -0.2) is 17.6 Å². The molecule has 3 N–H and O–H groups in total. The van der Waals surface area contributed by atoms with Gasteiger partial charge in [-0.25, -0.2) is 0 Å². The lowest BCUT2D eigenvalue weighted by Crippen LogP contribution is -2.17. The summed E-state index contributed by atoms with van der Waals surface area (Å²) in [5, 5.41) is 4.96. The Labute approximate surface area is 125 Å². The number of hydrogen-bond donors (Lipinski definition) is 2. The highest BCUT2D eigenvalue weighted by atomic mass is 32.2. The van der Waals surface area contributed by atoms with Crippen LogP contribution in [0.5, 0.6) is 0 Å². The zero-order valence-electron chi connectivity index (χ0n) is 10.9. The third kappa shape index (κ3) is 3.20. The van der Waals surface area contributed by atoms with Gasteiger partial charge in [0.25, 0.3) is 11.8 Å². The maximum absolute atomic E-state index is 12.3. The standard InChI is InChI=1S/C14H14N2O2S2/c1-2-19-11-6-4-3-5-9(11)13(18)16-14-10(12(15)17)7-8-20-14/h3-8H,2H2,1H3,(H2,15,17)(H,16,18). The van der Waals surface area contributed by atoms with Gasteiger partial charge in [0.15, 0.2) is 0 Å². The van der Waals surface area contributed by atoms with Crippen molar-refractivity contribution in [1.82, 2.24) is 0 Å². The van der Waals surface area contributed by atoms with Crippen molar-refractivity contribution in [3.05, 3.63) is 46.8 Å². The lowest BCUT2D eigenvalue weighted by molar-refractivity contribution is 0.100. The summed E-state index contributed by atoms with van der Waals surface area (Å²) >= 11 is 2.88. The van der Waals surface area contributed by atoms with Crippen LogP contribution in [0.3, 0.4) is 0 Å². The monoisotopic (exact) mass is 306 g/mol. The summed E-state index contributed by atoms with van der Waals surface area (Å²) in [6.45, 7) is 2.03. The first-order valence-corrected chi connectivity index (χ1v) is 7.90. The second-order valence-electron chi connectivity index (χ2n) is 3.91. The van der Waals surface area contributed by atoms with Gasteiger partial charge in [0.05, 0.1) is 11.1 Å². The van der Waals surface area contributed by atoms with Crippen molar-refractivity contribution < 1.29 is 9.59 Å². The summed E-state index contributed by atoms with van der Waals surface area (Å²) in [6.07, 6.45) is 0. The molecule has 0 bridgehead atoms. The second kappa shape index (κ2) is 6.58. The number of benzene rings is 1. The molecule has 0 saturated heterocycles. The van der Waals surface area contributed by atoms with Gasteiger partial charge in [-0.05, 0) is 29.3 Å². The third-order valence-corrected chi connectivity index (χ3v) is 4.37. The van der Waals surface area contributed by atoms with Crippen molar-refractivity contribution in [2.75, 3.05) is 11.1 Å². The van der Waals surface area contributed by atoms with Gasteiger partial charge in [0.1, 0.15) is 5.00 Å². The zero-order chi connectivity index (χ0) is 14.5. The average molecular weight is 306 g/mol. The Morgan fingerprint density at radius 2 is 2.00 bits per heavy atom. The van der Waals surface area contributed by atoms with E-state index in [0.29, 0.717) is 16.1 Å². The minimum Gasteiger partial charge on any atom is -0.366 e. The van der Waals surface area contributed by atoms with Crippen molar-refractivity contribution in [3.63, 3.8) is 0 Å². The van der Waals surface area contributed by atoms with E-state index < -0.39 is 5.91 Å². The third-order valence-electron chi connectivity index (χ3n) is 2.59. The van der Waals surface area contributed by atoms with E-state index in [1.54, 1.807) is 29.3 Å². The van der Waals surface area contributed by atoms with E-state index in [1.165, 1.54) is 11.3 Å². The molecule has 0 aliphatic heterocycles. The van der Waals surface area contributed by atoms with E-state index in [1.807, 2.05) is 25.1 Å². The molecule has 0 spiro atoms. The number of rotatable bonds is 5. The van der Waals surface area contributed by atoms with E-state index >= 15 is 0 Å². The predicted octanol–water partition coefficient (Wildman–Crippen LogP) is 3.21. The van der Waals surface area contributed by atoms with Gasteiger partial charge in [0, 0.05) is 4.90 Å². The Bertz CT molecular complexity index is 638. The first-order valence-electron chi connectivity index (χ1n) is 6.04. The lowest BCUT2D eigenvalue weighted by Gasteiger charge is -2.08. The van der Waals surface area contributed by atoms with Crippen LogP contribution >= 0.6 is 23.1 Å². The van der Waals surface area contributed by atoms with E-state index in [4.69, 9.17) is 5.73 Å². The van der Waals surface area contributed by atoms with Crippen molar-refractivity contribution >= 4 is 39.9 Å². The molecule has 0 saturated carbocycles. The first-order chi connectivity index (χ1) is 9.63. The van der Waals surface area contributed by atoms with Gasteiger partial charge in [0.2, 0.25) is 0 Å². The largest absolute Gasteiger partial charge is 0.366 e. The van der Waals surface area contributed by atoms with Crippen LogP contribution in [0.4, 0.5) is 5.00 Å². The number of carbonyl (C=O) groups is 2. The quantitative estimate of drug-likeness (QED) is 0.833.